The maximum absolute atomic E-state index is 6.35. The van der Waals surface area contributed by atoms with Crippen molar-refractivity contribution in [1.82, 2.24) is 0 Å². The summed E-state index contributed by atoms with van der Waals surface area (Å²) in [6, 6.07) is 0. The first kappa shape index (κ1) is 14.8. The molecule has 0 fully saturated rings. The quantitative estimate of drug-likeness (QED) is 0.737. The summed E-state index contributed by atoms with van der Waals surface area (Å²) in [5.41, 5.74) is 0.795. The Morgan fingerprint density at radius 2 is 2.12 bits per heavy atom. The van der Waals surface area contributed by atoms with Gasteiger partial charge < -0.3 is 9.47 Å². The largest absolute Gasteiger partial charge is 0.352 e. The Bertz CT molecular complexity index is 348. The molecule has 1 heterocycles. The number of allylic oxidation sites excluding steroid dienone is 2. The molecule has 3 nitrogen and oxygen atoms in total. The van der Waals surface area contributed by atoms with Crippen LogP contribution in [0.5, 0.6) is 0 Å². The number of aliphatic imine (C=N–C) groups is 1. The van der Waals surface area contributed by atoms with Crippen LogP contribution in [0.15, 0.2) is 26.7 Å². The molecule has 1 aliphatic rings. The highest BCUT2D eigenvalue weighted by atomic mass is 35.5. The molecular formula is C12H18ClNO2S. The van der Waals surface area contributed by atoms with E-state index in [0.29, 0.717) is 0 Å². The van der Waals surface area contributed by atoms with E-state index in [9.17, 15) is 0 Å². The fourth-order valence-corrected chi connectivity index (χ4v) is 2.22. The fourth-order valence-electron chi connectivity index (χ4n) is 1.57. The summed E-state index contributed by atoms with van der Waals surface area (Å²) in [6.45, 7) is 2.08. The highest BCUT2D eigenvalue weighted by Crippen LogP contribution is 2.29. The van der Waals surface area contributed by atoms with Crippen molar-refractivity contribution in [2.45, 2.75) is 19.6 Å². The SMILES string of the molecule is COC(OC)C1=C(Cl)C(C)C/C=C(\SC)N=C1. The van der Waals surface area contributed by atoms with E-state index in [1.807, 2.05) is 6.26 Å². The van der Waals surface area contributed by atoms with Gasteiger partial charge in [0.25, 0.3) is 0 Å². The van der Waals surface area contributed by atoms with E-state index in [2.05, 4.69) is 18.0 Å². The fraction of sp³-hybridized carbons (Fsp3) is 0.583. The first-order valence-corrected chi connectivity index (χ1v) is 6.97. The van der Waals surface area contributed by atoms with E-state index in [1.54, 1.807) is 32.2 Å². The van der Waals surface area contributed by atoms with Crippen LogP contribution in [-0.2, 0) is 9.47 Å². The molecule has 1 atom stereocenters. The van der Waals surface area contributed by atoms with Crippen LogP contribution in [0.1, 0.15) is 13.3 Å². The van der Waals surface area contributed by atoms with Gasteiger partial charge in [-0.15, -0.1) is 11.8 Å². The summed E-state index contributed by atoms with van der Waals surface area (Å²) in [4.78, 5) is 4.38. The van der Waals surface area contributed by atoms with Crippen LogP contribution in [0, 0.1) is 5.92 Å². The van der Waals surface area contributed by atoms with Crippen molar-refractivity contribution < 1.29 is 9.47 Å². The molecule has 1 rings (SSSR count). The highest BCUT2D eigenvalue weighted by Gasteiger charge is 2.20. The van der Waals surface area contributed by atoms with Crippen LogP contribution in [0.2, 0.25) is 0 Å². The minimum atomic E-state index is -0.463. The van der Waals surface area contributed by atoms with Gasteiger partial charge in [-0.25, -0.2) is 4.99 Å². The second-order valence-corrected chi connectivity index (χ2v) is 4.98. The van der Waals surface area contributed by atoms with Crippen LogP contribution in [0.3, 0.4) is 0 Å². The highest BCUT2D eigenvalue weighted by molar-refractivity contribution is 8.02. The first-order chi connectivity index (χ1) is 8.13. The van der Waals surface area contributed by atoms with Gasteiger partial charge in [-0.2, -0.15) is 0 Å². The molecule has 0 saturated heterocycles. The second-order valence-electron chi connectivity index (χ2n) is 3.75. The minimum absolute atomic E-state index is 0.244. The zero-order chi connectivity index (χ0) is 12.8. The number of hydrogen-bond donors (Lipinski definition) is 0. The average molecular weight is 276 g/mol. The molecule has 0 radical (unpaired) electrons. The molecule has 1 aliphatic heterocycles. The summed E-state index contributed by atoms with van der Waals surface area (Å²) in [5, 5.41) is 1.74. The van der Waals surface area contributed by atoms with Crippen molar-refractivity contribution >= 4 is 29.6 Å². The average Bonchev–Trinajstić information content (AvgIpc) is 2.35. The van der Waals surface area contributed by atoms with Gasteiger partial charge in [-0.05, 0) is 18.6 Å². The van der Waals surface area contributed by atoms with Crippen LogP contribution in [0.25, 0.3) is 0 Å². The van der Waals surface area contributed by atoms with Crippen molar-refractivity contribution in [3.05, 3.63) is 21.7 Å². The lowest BCUT2D eigenvalue weighted by Crippen LogP contribution is -2.20. The van der Waals surface area contributed by atoms with Crippen molar-refractivity contribution in [1.29, 1.82) is 0 Å². The van der Waals surface area contributed by atoms with Gasteiger partial charge in [-0.1, -0.05) is 24.6 Å². The number of hydrogen-bond acceptors (Lipinski definition) is 4. The van der Waals surface area contributed by atoms with E-state index >= 15 is 0 Å². The smallest absolute Gasteiger partial charge is 0.185 e. The zero-order valence-corrected chi connectivity index (χ0v) is 12.1. The molecule has 0 bridgehead atoms. The number of nitrogens with zero attached hydrogens (tertiary/aromatic N) is 1. The molecule has 0 aliphatic carbocycles. The summed E-state index contributed by atoms with van der Waals surface area (Å²) in [6.07, 6.45) is 6.24. The zero-order valence-electron chi connectivity index (χ0n) is 10.6. The van der Waals surface area contributed by atoms with Crippen LogP contribution in [0.4, 0.5) is 0 Å². The summed E-state index contributed by atoms with van der Waals surface area (Å²) < 4.78 is 10.5. The van der Waals surface area contributed by atoms with Crippen molar-refractivity contribution in [2.75, 3.05) is 20.5 Å². The summed E-state index contributed by atoms with van der Waals surface area (Å²) in [5.74, 6) is 0.244. The third-order valence-corrected chi connectivity index (χ3v) is 3.86. The van der Waals surface area contributed by atoms with Crippen LogP contribution >= 0.6 is 23.4 Å². The normalized spacial score (nSPS) is 24.6. The molecule has 96 valence electrons. The Labute approximate surface area is 112 Å². The van der Waals surface area contributed by atoms with Gasteiger partial charge in [0, 0.05) is 31.0 Å². The van der Waals surface area contributed by atoms with Gasteiger partial charge in [0.2, 0.25) is 0 Å². The van der Waals surface area contributed by atoms with Crippen molar-refractivity contribution in [3.63, 3.8) is 0 Å². The number of halogens is 1. The van der Waals surface area contributed by atoms with Gasteiger partial charge in [-0.3, -0.25) is 0 Å². The van der Waals surface area contributed by atoms with Gasteiger partial charge in [0.1, 0.15) is 0 Å². The predicted molar refractivity (Wildman–Crippen MR) is 74.6 cm³/mol. The van der Waals surface area contributed by atoms with Crippen molar-refractivity contribution in [3.8, 4) is 0 Å². The van der Waals surface area contributed by atoms with Crippen molar-refractivity contribution in [2.24, 2.45) is 10.9 Å². The molecule has 0 aromatic rings. The minimum Gasteiger partial charge on any atom is -0.352 e. The maximum Gasteiger partial charge on any atom is 0.185 e. The number of methoxy groups -OCH3 is 2. The Balaban J connectivity index is 3.09. The number of ether oxygens (including phenoxy) is 2. The molecule has 0 amide bonds. The molecule has 5 heteroatoms. The second kappa shape index (κ2) is 7.21. The third-order valence-electron chi connectivity index (χ3n) is 2.58. The lowest BCUT2D eigenvalue weighted by atomic mass is 10.0. The molecule has 0 aromatic carbocycles. The topological polar surface area (TPSA) is 30.8 Å². The summed E-state index contributed by atoms with van der Waals surface area (Å²) in [7, 11) is 3.18. The van der Waals surface area contributed by atoms with E-state index < -0.39 is 6.29 Å². The summed E-state index contributed by atoms with van der Waals surface area (Å²) >= 11 is 7.96. The Morgan fingerprint density at radius 1 is 1.47 bits per heavy atom. The van der Waals surface area contributed by atoms with Gasteiger partial charge >= 0.3 is 0 Å². The molecule has 0 saturated carbocycles. The monoisotopic (exact) mass is 275 g/mol. The van der Waals surface area contributed by atoms with E-state index in [1.165, 1.54) is 0 Å². The standard InChI is InChI=1S/C12H18ClNO2S/c1-8-5-6-10(17-4)14-7-9(11(8)13)12(15-2)16-3/h6-8,12H,5H2,1-4H3/b10-6-,11-9?,14-7?. The molecule has 17 heavy (non-hydrogen) atoms. The Kier molecular flexibility index (Phi) is 6.27. The van der Waals surface area contributed by atoms with E-state index in [-0.39, 0.29) is 5.92 Å². The van der Waals surface area contributed by atoms with E-state index in [0.717, 1.165) is 22.1 Å². The lowest BCUT2D eigenvalue weighted by Gasteiger charge is -2.20. The number of thioether (sulfide) groups is 1. The molecule has 0 N–H and O–H groups in total. The van der Waals surface area contributed by atoms with Gasteiger partial charge in [0.15, 0.2) is 6.29 Å². The molecule has 1 unspecified atom stereocenters. The first-order valence-electron chi connectivity index (χ1n) is 5.37. The maximum atomic E-state index is 6.35. The third kappa shape index (κ3) is 3.85. The Morgan fingerprint density at radius 3 is 2.65 bits per heavy atom. The number of rotatable bonds is 4. The molecule has 0 aromatic heterocycles. The van der Waals surface area contributed by atoms with Crippen LogP contribution in [-0.4, -0.2) is 33.0 Å². The molecular weight excluding hydrogens is 258 g/mol. The molecule has 0 spiro atoms. The van der Waals surface area contributed by atoms with Gasteiger partial charge in [0.05, 0.1) is 5.03 Å². The Hall–Kier alpha value is -0.290. The lowest BCUT2D eigenvalue weighted by molar-refractivity contribution is -0.0711. The van der Waals surface area contributed by atoms with Crippen LogP contribution < -0.4 is 0 Å². The predicted octanol–water partition coefficient (Wildman–Crippen LogP) is 3.41. The van der Waals surface area contributed by atoms with E-state index in [4.69, 9.17) is 21.1 Å².